The third-order valence-corrected chi connectivity index (χ3v) is 3.89. The van der Waals surface area contributed by atoms with Crippen molar-refractivity contribution in [2.45, 2.75) is 45.4 Å². The Balaban J connectivity index is 2.40. The maximum atomic E-state index is 5.71. The van der Waals surface area contributed by atoms with Gasteiger partial charge < -0.3 is 5.73 Å². The molecule has 1 nitrogen and oxygen atoms in total. The summed E-state index contributed by atoms with van der Waals surface area (Å²) >= 11 is 0. The zero-order valence-electron chi connectivity index (χ0n) is 10.1. The van der Waals surface area contributed by atoms with Crippen molar-refractivity contribution >= 4 is 0 Å². The van der Waals surface area contributed by atoms with Crippen LogP contribution in [0.15, 0.2) is 12.1 Å². The fourth-order valence-electron chi connectivity index (χ4n) is 2.61. The summed E-state index contributed by atoms with van der Waals surface area (Å²) < 4.78 is 0. The molecule has 0 heterocycles. The summed E-state index contributed by atoms with van der Waals surface area (Å²) in [4.78, 5) is 0. The molecule has 1 saturated carbocycles. The minimum atomic E-state index is 0.442. The van der Waals surface area contributed by atoms with Crippen molar-refractivity contribution in [3.63, 3.8) is 0 Å². The van der Waals surface area contributed by atoms with Gasteiger partial charge in [-0.3, -0.25) is 0 Å². The molecule has 1 fully saturated rings. The molecule has 1 aliphatic carbocycles. The quantitative estimate of drug-likeness (QED) is 0.803. The van der Waals surface area contributed by atoms with Crippen LogP contribution in [0.25, 0.3) is 0 Å². The molecule has 1 heteroatoms. The molecule has 1 aliphatic rings. The van der Waals surface area contributed by atoms with Crippen LogP contribution < -0.4 is 5.73 Å². The van der Waals surface area contributed by atoms with E-state index >= 15 is 0 Å². The van der Waals surface area contributed by atoms with Crippen LogP contribution in [0.1, 0.15) is 41.5 Å². The van der Waals surface area contributed by atoms with Crippen molar-refractivity contribution in [3.05, 3.63) is 34.4 Å². The molecule has 0 aliphatic heterocycles. The van der Waals surface area contributed by atoms with Crippen molar-refractivity contribution in [1.29, 1.82) is 0 Å². The highest BCUT2D eigenvalue weighted by Gasteiger charge is 2.44. The Morgan fingerprint density at radius 2 is 1.67 bits per heavy atom. The van der Waals surface area contributed by atoms with Crippen LogP contribution in [0.5, 0.6) is 0 Å². The van der Waals surface area contributed by atoms with Gasteiger partial charge in [0.2, 0.25) is 0 Å². The van der Waals surface area contributed by atoms with Crippen molar-refractivity contribution < 1.29 is 0 Å². The van der Waals surface area contributed by atoms with Crippen LogP contribution in [-0.2, 0) is 5.41 Å². The predicted molar refractivity (Wildman–Crippen MR) is 65.2 cm³/mol. The van der Waals surface area contributed by atoms with Gasteiger partial charge in [0.25, 0.3) is 0 Å². The Hall–Kier alpha value is -0.820. The van der Waals surface area contributed by atoms with Gasteiger partial charge in [-0.1, -0.05) is 12.1 Å². The Bertz CT molecular complexity index is 375. The van der Waals surface area contributed by atoms with E-state index < -0.39 is 0 Å². The van der Waals surface area contributed by atoms with Gasteiger partial charge in [0, 0.05) is 0 Å². The Kier molecular flexibility index (Phi) is 2.59. The SMILES string of the molecule is Cc1cc(C)c(C2(CCN)CC2)cc1C. The van der Waals surface area contributed by atoms with E-state index in [1.165, 1.54) is 29.5 Å². The minimum absolute atomic E-state index is 0.442. The summed E-state index contributed by atoms with van der Waals surface area (Å²) in [6.45, 7) is 7.44. The van der Waals surface area contributed by atoms with Crippen LogP contribution in [0.4, 0.5) is 0 Å². The second-order valence-corrected chi connectivity index (χ2v) is 5.07. The van der Waals surface area contributed by atoms with Gasteiger partial charge in [-0.25, -0.2) is 0 Å². The van der Waals surface area contributed by atoms with Gasteiger partial charge in [0.05, 0.1) is 0 Å². The molecule has 0 bridgehead atoms. The molecule has 2 rings (SSSR count). The smallest absolute Gasteiger partial charge is 0.00316 e. The summed E-state index contributed by atoms with van der Waals surface area (Å²) in [6.07, 6.45) is 3.80. The van der Waals surface area contributed by atoms with Crippen LogP contribution in [0.3, 0.4) is 0 Å². The van der Waals surface area contributed by atoms with Crippen molar-refractivity contribution in [2.24, 2.45) is 5.73 Å². The Labute approximate surface area is 92.7 Å². The van der Waals surface area contributed by atoms with E-state index in [1.54, 1.807) is 5.56 Å². The van der Waals surface area contributed by atoms with Crippen LogP contribution >= 0.6 is 0 Å². The maximum absolute atomic E-state index is 5.71. The molecule has 1 aromatic carbocycles. The van der Waals surface area contributed by atoms with Gasteiger partial charge in [0.1, 0.15) is 0 Å². The molecule has 0 unspecified atom stereocenters. The molecule has 0 amide bonds. The lowest BCUT2D eigenvalue weighted by Gasteiger charge is -2.19. The second kappa shape index (κ2) is 3.64. The topological polar surface area (TPSA) is 26.0 Å². The van der Waals surface area contributed by atoms with E-state index in [0.29, 0.717) is 5.41 Å². The van der Waals surface area contributed by atoms with E-state index in [0.717, 1.165) is 13.0 Å². The molecule has 15 heavy (non-hydrogen) atoms. The lowest BCUT2D eigenvalue weighted by molar-refractivity contribution is 0.624. The third-order valence-electron chi connectivity index (χ3n) is 3.89. The van der Waals surface area contributed by atoms with Gasteiger partial charge in [0.15, 0.2) is 0 Å². The molecule has 2 N–H and O–H groups in total. The molecule has 1 aromatic rings. The first kappa shape index (κ1) is 10.7. The molecule has 0 radical (unpaired) electrons. The number of aryl methyl sites for hydroxylation is 3. The number of nitrogens with two attached hydrogens (primary N) is 1. The lowest BCUT2D eigenvalue weighted by Crippen LogP contribution is -2.15. The monoisotopic (exact) mass is 203 g/mol. The van der Waals surface area contributed by atoms with E-state index in [2.05, 4.69) is 32.9 Å². The standard InChI is InChI=1S/C14H21N/c1-10-8-12(3)13(9-11(10)2)14(4-5-14)6-7-15/h8-9H,4-7,15H2,1-3H3. The fourth-order valence-corrected chi connectivity index (χ4v) is 2.61. The zero-order chi connectivity index (χ0) is 11.1. The second-order valence-electron chi connectivity index (χ2n) is 5.07. The van der Waals surface area contributed by atoms with E-state index in [-0.39, 0.29) is 0 Å². The molecular formula is C14H21N. The van der Waals surface area contributed by atoms with E-state index in [4.69, 9.17) is 5.73 Å². The van der Waals surface area contributed by atoms with Crippen molar-refractivity contribution in [1.82, 2.24) is 0 Å². The average molecular weight is 203 g/mol. The third kappa shape index (κ3) is 1.81. The Morgan fingerprint density at radius 3 is 2.20 bits per heavy atom. The highest BCUT2D eigenvalue weighted by molar-refractivity contribution is 5.43. The highest BCUT2D eigenvalue weighted by Crippen LogP contribution is 2.52. The minimum Gasteiger partial charge on any atom is -0.330 e. The summed E-state index contributed by atoms with van der Waals surface area (Å²) in [6, 6.07) is 4.70. The maximum Gasteiger partial charge on any atom is -0.00316 e. The first-order valence-electron chi connectivity index (χ1n) is 5.87. The number of hydrogen-bond acceptors (Lipinski definition) is 1. The van der Waals surface area contributed by atoms with Gasteiger partial charge in [-0.05, 0) is 74.2 Å². The molecule has 0 spiro atoms. The lowest BCUT2D eigenvalue weighted by atomic mass is 9.86. The van der Waals surface area contributed by atoms with Gasteiger partial charge >= 0.3 is 0 Å². The van der Waals surface area contributed by atoms with E-state index in [1.807, 2.05) is 0 Å². The summed E-state index contributed by atoms with van der Waals surface area (Å²) in [5.74, 6) is 0. The largest absolute Gasteiger partial charge is 0.330 e. The number of benzene rings is 1. The molecule has 0 atom stereocenters. The first-order chi connectivity index (χ1) is 7.09. The van der Waals surface area contributed by atoms with Crippen LogP contribution in [0, 0.1) is 20.8 Å². The average Bonchev–Trinajstić information content (AvgIpc) is 2.93. The van der Waals surface area contributed by atoms with Gasteiger partial charge in [-0.15, -0.1) is 0 Å². The van der Waals surface area contributed by atoms with Crippen molar-refractivity contribution in [2.75, 3.05) is 6.54 Å². The highest BCUT2D eigenvalue weighted by atomic mass is 14.6. The summed E-state index contributed by atoms with van der Waals surface area (Å²) in [5, 5.41) is 0. The molecule has 0 saturated heterocycles. The summed E-state index contributed by atoms with van der Waals surface area (Å²) in [5.41, 5.74) is 12.0. The number of rotatable bonds is 3. The summed E-state index contributed by atoms with van der Waals surface area (Å²) in [7, 11) is 0. The normalized spacial score (nSPS) is 17.9. The predicted octanol–water partition coefficient (Wildman–Crippen LogP) is 2.99. The molecule has 82 valence electrons. The van der Waals surface area contributed by atoms with Crippen LogP contribution in [-0.4, -0.2) is 6.54 Å². The molecule has 0 aromatic heterocycles. The Morgan fingerprint density at radius 1 is 1.07 bits per heavy atom. The first-order valence-corrected chi connectivity index (χ1v) is 5.87. The van der Waals surface area contributed by atoms with Gasteiger partial charge in [-0.2, -0.15) is 0 Å². The van der Waals surface area contributed by atoms with E-state index in [9.17, 15) is 0 Å². The molecular weight excluding hydrogens is 182 g/mol. The number of hydrogen-bond donors (Lipinski definition) is 1. The fraction of sp³-hybridized carbons (Fsp3) is 0.571. The van der Waals surface area contributed by atoms with Crippen LogP contribution in [0.2, 0.25) is 0 Å². The zero-order valence-corrected chi connectivity index (χ0v) is 10.1. The van der Waals surface area contributed by atoms with Crippen molar-refractivity contribution in [3.8, 4) is 0 Å².